The minimum Gasteiger partial charge on any atom is -0.480 e. The second-order valence-corrected chi connectivity index (χ2v) is 4.86. The fraction of sp³-hybridized carbons (Fsp3) is 0.467. The predicted octanol–water partition coefficient (Wildman–Crippen LogP) is 1.40. The molecule has 1 atom stereocenters. The number of carbonyl (C=O) groups is 2. The molecule has 108 valence electrons. The molecule has 1 unspecified atom stereocenters. The van der Waals surface area contributed by atoms with Crippen LogP contribution < -0.4 is 4.74 Å². The van der Waals surface area contributed by atoms with E-state index in [1.54, 1.807) is 11.9 Å². The molecule has 0 bridgehead atoms. The minimum atomic E-state index is -0.449. The monoisotopic (exact) mass is 277 g/mol. The summed E-state index contributed by atoms with van der Waals surface area (Å²) < 4.78 is 10.2. The van der Waals surface area contributed by atoms with Gasteiger partial charge in [0.25, 0.3) is 5.91 Å². The number of benzene rings is 1. The van der Waals surface area contributed by atoms with Crippen LogP contribution in [0.25, 0.3) is 0 Å². The Kier molecular flexibility index (Phi) is 4.61. The summed E-state index contributed by atoms with van der Waals surface area (Å²) >= 11 is 0. The molecule has 0 saturated carbocycles. The Morgan fingerprint density at radius 1 is 1.40 bits per heavy atom. The van der Waals surface area contributed by atoms with E-state index in [-0.39, 0.29) is 11.9 Å². The van der Waals surface area contributed by atoms with Crippen molar-refractivity contribution in [3.8, 4) is 5.75 Å². The Hall–Kier alpha value is -2.04. The first-order valence-electron chi connectivity index (χ1n) is 6.68. The van der Waals surface area contributed by atoms with E-state index < -0.39 is 6.10 Å². The van der Waals surface area contributed by atoms with Gasteiger partial charge in [-0.15, -0.1) is 0 Å². The molecule has 0 saturated heterocycles. The third-order valence-electron chi connectivity index (χ3n) is 3.40. The summed E-state index contributed by atoms with van der Waals surface area (Å²) in [7, 11) is 3.09. The maximum atomic E-state index is 12.2. The van der Waals surface area contributed by atoms with Gasteiger partial charge in [-0.1, -0.05) is 18.2 Å². The summed E-state index contributed by atoms with van der Waals surface area (Å²) in [6.45, 7) is 0.518. The van der Waals surface area contributed by atoms with Crippen LogP contribution in [0.3, 0.4) is 0 Å². The van der Waals surface area contributed by atoms with Gasteiger partial charge in [-0.25, -0.2) is 0 Å². The predicted molar refractivity (Wildman–Crippen MR) is 73.4 cm³/mol. The lowest BCUT2D eigenvalue weighted by Crippen LogP contribution is -2.39. The highest BCUT2D eigenvalue weighted by Gasteiger charge is 2.30. The van der Waals surface area contributed by atoms with Crippen molar-refractivity contribution in [1.29, 1.82) is 0 Å². The van der Waals surface area contributed by atoms with E-state index >= 15 is 0 Å². The van der Waals surface area contributed by atoms with Gasteiger partial charge in [-0.2, -0.15) is 0 Å². The fourth-order valence-electron chi connectivity index (χ4n) is 2.24. The van der Waals surface area contributed by atoms with Crippen LogP contribution in [0.15, 0.2) is 24.3 Å². The van der Waals surface area contributed by atoms with Gasteiger partial charge in [0, 0.05) is 26.4 Å². The first-order chi connectivity index (χ1) is 9.61. The molecule has 0 aliphatic carbocycles. The van der Waals surface area contributed by atoms with Crippen molar-refractivity contribution >= 4 is 11.9 Å². The summed E-state index contributed by atoms with van der Waals surface area (Å²) in [5, 5.41) is 0. The van der Waals surface area contributed by atoms with Crippen molar-refractivity contribution < 1.29 is 19.1 Å². The number of ether oxygens (including phenoxy) is 2. The lowest BCUT2D eigenvalue weighted by molar-refractivity contribution is -0.142. The molecule has 0 aromatic heterocycles. The molecule has 1 aromatic rings. The number of nitrogens with zero attached hydrogens (tertiary/aromatic N) is 1. The normalized spacial score (nSPS) is 16.2. The maximum Gasteiger partial charge on any atom is 0.305 e. The van der Waals surface area contributed by atoms with Gasteiger partial charge in [-0.3, -0.25) is 9.59 Å². The minimum absolute atomic E-state index is 0.0499. The van der Waals surface area contributed by atoms with E-state index in [2.05, 4.69) is 4.74 Å². The first kappa shape index (κ1) is 14.4. The van der Waals surface area contributed by atoms with Gasteiger partial charge in [0.15, 0.2) is 6.10 Å². The second kappa shape index (κ2) is 6.41. The number of likely N-dealkylation sites (N-methyl/N-ethyl adjacent to an activating group) is 1. The van der Waals surface area contributed by atoms with Crippen LogP contribution in [0.2, 0.25) is 0 Å². The topological polar surface area (TPSA) is 55.8 Å². The number of hydrogen-bond donors (Lipinski definition) is 0. The third-order valence-corrected chi connectivity index (χ3v) is 3.40. The molecular formula is C15H19NO4. The fourth-order valence-corrected chi connectivity index (χ4v) is 2.24. The van der Waals surface area contributed by atoms with Crippen LogP contribution in [-0.4, -0.2) is 43.6 Å². The molecular weight excluding hydrogens is 258 g/mol. The van der Waals surface area contributed by atoms with E-state index in [1.807, 2.05) is 24.3 Å². The van der Waals surface area contributed by atoms with Crippen LogP contribution in [0.1, 0.15) is 18.4 Å². The Morgan fingerprint density at radius 3 is 2.85 bits per heavy atom. The van der Waals surface area contributed by atoms with Crippen molar-refractivity contribution in [1.82, 2.24) is 4.90 Å². The van der Waals surface area contributed by atoms with Crippen molar-refractivity contribution in [2.24, 2.45) is 0 Å². The third kappa shape index (κ3) is 3.29. The molecule has 0 spiro atoms. The summed E-state index contributed by atoms with van der Waals surface area (Å²) in [6, 6.07) is 7.68. The number of fused-ring (bicyclic) bond motifs is 1. The molecule has 5 heteroatoms. The number of methoxy groups -OCH3 is 1. The molecule has 1 aliphatic heterocycles. The van der Waals surface area contributed by atoms with Crippen LogP contribution in [0, 0.1) is 0 Å². The number of hydrogen-bond acceptors (Lipinski definition) is 4. The SMILES string of the molecule is COC(=O)CCCN(C)C(=O)C1Cc2ccccc2O1. The van der Waals surface area contributed by atoms with E-state index in [4.69, 9.17) is 4.74 Å². The molecule has 20 heavy (non-hydrogen) atoms. The summed E-state index contributed by atoms with van der Waals surface area (Å²) in [6.07, 6.45) is 1.07. The van der Waals surface area contributed by atoms with Crippen LogP contribution in [0.4, 0.5) is 0 Å². The van der Waals surface area contributed by atoms with Crippen molar-refractivity contribution in [3.63, 3.8) is 0 Å². The summed E-state index contributed by atoms with van der Waals surface area (Å²) in [5.74, 6) is 0.482. The van der Waals surface area contributed by atoms with E-state index in [9.17, 15) is 9.59 Å². The second-order valence-electron chi connectivity index (χ2n) is 4.86. The number of carbonyl (C=O) groups excluding carboxylic acids is 2. The average Bonchev–Trinajstić information content (AvgIpc) is 2.89. The van der Waals surface area contributed by atoms with Crippen LogP contribution in [-0.2, 0) is 20.7 Å². The van der Waals surface area contributed by atoms with E-state index in [1.165, 1.54) is 7.11 Å². The van der Waals surface area contributed by atoms with E-state index in [0.29, 0.717) is 25.8 Å². The van der Waals surface area contributed by atoms with Crippen LogP contribution in [0.5, 0.6) is 5.75 Å². The Labute approximate surface area is 118 Å². The smallest absolute Gasteiger partial charge is 0.305 e. The number of rotatable bonds is 5. The molecule has 5 nitrogen and oxygen atoms in total. The Balaban J connectivity index is 1.82. The van der Waals surface area contributed by atoms with Gasteiger partial charge in [0.05, 0.1) is 7.11 Å². The maximum absolute atomic E-state index is 12.2. The molecule has 0 radical (unpaired) electrons. The zero-order chi connectivity index (χ0) is 14.5. The van der Waals surface area contributed by atoms with Crippen LogP contribution >= 0.6 is 0 Å². The van der Waals surface area contributed by atoms with Crippen molar-refractivity contribution in [3.05, 3.63) is 29.8 Å². The molecule has 0 fully saturated rings. The number of esters is 1. The number of amides is 1. The summed E-state index contributed by atoms with van der Waals surface area (Å²) in [4.78, 5) is 24.9. The van der Waals surface area contributed by atoms with Gasteiger partial charge in [-0.05, 0) is 18.1 Å². The standard InChI is InChI=1S/C15H19NO4/c1-16(9-5-8-14(17)19-2)15(18)13-10-11-6-3-4-7-12(11)20-13/h3-4,6-7,13H,5,8-10H2,1-2H3. The molecule has 0 N–H and O–H groups in total. The zero-order valence-corrected chi connectivity index (χ0v) is 11.8. The summed E-state index contributed by atoms with van der Waals surface area (Å²) in [5.41, 5.74) is 1.06. The first-order valence-corrected chi connectivity index (χ1v) is 6.68. The van der Waals surface area contributed by atoms with Gasteiger partial charge < -0.3 is 14.4 Å². The van der Waals surface area contributed by atoms with E-state index in [0.717, 1.165) is 11.3 Å². The molecule has 1 aliphatic rings. The molecule has 1 amide bonds. The lowest BCUT2D eigenvalue weighted by atomic mass is 10.1. The lowest BCUT2D eigenvalue weighted by Gasteiger charge is -2.20. The highest BCUT2D eigenvalue weighted by Crippen LogP contribution is 2.28. The average molecular weight is 277 g/mol. The van der Waals surface area contributed by atoms with Crippen molar-refractivity contribution in [2.45, 2.75) is 25.4 Å². The highest BCUT2D eigenvalue weighted by molar-refractivity contribution is 5.82. The zero-order valence-electron chi connectivity index (χ0n) is 11.8. The molecule has 1 heterocycles. The molecule has 1 aromatic carbocycles. The highest BCUT2D eigenvalue weighted by atomic mass is 16.5. The van der Waals surface area contributed by atoms with Gasteiger partial charge in [0.2, 0.25) is 0 Å². The number of para-hydroxylation sites is 1. The van der Waals surface area contributed by atoms with Gasteiger partial charge in [0.1, 0.15) is 5.75 Å². The molecule has 2 rings (SSSR count). The quantitative estimate of drug-likeness (QED) is 0.763. The Morgan fingerprint density at radius 2 is 2.15 bits per heavy atom. The van der Waals surface area contributed by atoms with Crippen molar-refractivity contribution in [2.75, 3.05) is 20.7 Å². The Bertz CT molecular complexity index is 475. The van der Waals surface area contributed by atoms with Gasteiger partial charge >= 0.3 is 5.97 Å². The largest absolute Gasteiger partial charge is 0.480 e.